The van der Waals surface area contributed by atoms with E-state index >= 15 is 0 Å². The fourth-order valence-corrected chi connectivity index (χ4v) is 1.65. The molecule has 0 atom stereocenters. The average Bonchev–Trinajstić information content (AvgIpc) is 2.41. The quantitative estimate of drug-likeness (QED) is 0.873. The highest BCUT2D eigenvalue weighted by Crippen LogP contribution is 2.09. The van der Waals surface area contributed by atoms with Crippen LogP contribution in [0.3, 0.4) is 0 Å². The highest BCUT2D eigenvalue weighted by atomic mass is 79.9. The maximum atomic E-state index is 11.4. The lowest BCUT2D eigenvalue weighted by molar-refractivity contribution is 0.600. The molecule has 1 N–H and O–H groups in total. The summed E-state index contributed by atoms with van der Waals surface area (Å²) in [6.45, 7) is 2.39. The predicted octanol–water partition coefficient (Wildman–Crippen LogP) is 1.41. The van der Waals surface area contributed by atoms with Crippen molar-refractivity contribution < 1.29 is 0 Å². The van der Waals surface area contributed by atoms with Crippen LogP contribution < -0.4 is 5.56 Å². The largest absolute Gasteiger partial charge is 0.299 e. The minimum Gasteiger partial charge on any atom is -0.299 e. The molecule has 0 radical (unpaired) electrons. The topological polar surface area (TPSA) is 61.6 Å². The SMILES string of the molecule is CCc1[nH]n(CCC#N)c(=O)c1Br. The first-order valence-corrected chi connectivity index (χ1v) is 4.84. The number of hydrogen-bond donors (Lipinski definition) is 1. The third kappa shape index (κ3) is 2.01. The summed E-state index contributed by atoms with van der Waals surface area (Å²) in [4.78, 5) is 11.4. The third-order valence-corrected chi connectivity index (χ3v) is 2.59. The van der Waals surface area contributed by atoms with Crippen molar-refractivity contribution >= 4 is 15.9 Å². The zero-order valence-corrected chi connectivity index (χ0v) is 8.89. The standard InChI is InChI=1S/C8H10BrN3O/c1-2-6-7(9)8(13)12(11-6)5-3-4-10/h11H,2-3,5H2,1H3. The highest BCUT2D eigenvalue weighted by molar-refractivity contribution is 9.10. The summed E-state index contributed by atoms with van der Waals surface area (Å²) in [6.07, 6.45) is 1.12. The second kappa shape index (κ2) is 4.28. The van der Waals surface area contributed by atoms with E-state index in [0.29, 0.717) is 17.4 Å². The number of H-pyrrole nitrogens is 1. The Morgan fingerprint density at radius 2 is 2.38 bits per heavy atom. The van der Waals surface area contributed by atoms with E-state index in [4.69, 9.17) is 5.26 Å². The number of aromatic nitrogens is 2. The van der Waals surface area contributed by atoms with Gasteiger partial charge in [-0.2, -0.15) is 5.26 Å². The Hall–Kier alpha value is -1.02. The number of nitriles is 1. The van der Waals surface area contributed by atoms with Crippen LogP contribution in [0.1, 0.15) is 19.0 Å². The smallest absolute Gasteiger partial charge is 0.281 e. The zero-order chi connectivity index (χ0) is 9.84. The van der Waals surface area contributed by atoms with Crippen molar-refractivity contribution in [3.8, 4) is 6.07 Å². The predicted molar refractivity (Wildman–Crippen MR) is 52.4 cm³/mol. The monoisotopic (exact) mass is 243 g/mol. The molecule has 0 saturated carbocycles. The maximum Gasteiger partial charge on any atom is 0.281 e. The number of nitrogens with one attached hydrogen (secondary N) is 1. The summed E-state index contributed by atoms with van der Waals surface area (Å²) in [7, 11) is 0. The van der Waals surface area contributed by atoms with E-state index in [-0.39, 0.29) is 5.56 Å². The summed E-state index contributed by atoms with van der Waals surface area (Å²) in [5, 5.41) is 11.3. The van der Waals surface area contributed by atoms with Gasteiger partial charge in [0.25, 0.3) is 5.56 Å². The molecule has 5 heteroatoms. The van der Waals surface area contributed by atoms with E-state index in [9.17, 15) is 4.79 Å². The van der Waals surface area contributed by atoms with Crippen LogP contribution in [0, 0.1) is 11.3 Å². The number of nitrogens with zero attached hydrogens (tertiary/aromatic N) is 2. The summed E-state index contributed by atoms with van der Waals surface area (Å²) in [5.74, 6) is 0. The molecule has 0 unspecified atom stereocenters. The van der Waals surface area contributed by atoms with Crippen LogP contribution >= 0.6 is 15.9 Å². The molecule has 0 aliphatic heterocycles. The maximum absolute atomic E-state index is 11.4. The Labute approximate surface area is 84.3 Å². The van der Waals surface area contributed by atoms with Gasteiger partial charge in [0.05, 0.1) is 24.7 Å². The van der Waals surface area contributed by atoms with Crippen molar-refractivity contribution in [3.05, 3.63) is 20.5 Å². The molecule has 0 aliphatic rings. The van der Waals surface area contributed by atoms with Crippen molar-refractivity contribution in [2.75, 3.05) is 0 Å². The van der Waals surface area contributed by atoms with Crippen LogP contribution in [-0.4, -0.2) is 9.78 Å². The van der Waals surface area contributed by atoms with Gasteiger partial charge in [-0.25, -0.2) is 0 Å². The van der Waals surface area contributed by atoms with E-state index in [0.717, 1.165) is 12.1 Å². The van der Waals surface area contributed by atoms with Gasteiger partial charge in [-0.05, 0) is 22.4 Å². The highest BCUT2D eigenvalue weighted by Gasteiger charge is 2.08. The molecule has 1 aromatic heterocycles. The average molecular weight is 244 g/mol. The van der Waals surface area contributed by atoms with Gasteiger partial charge < -0.3 is 0 Å². The molecule has 0 spiro atoms. The van der Waals surface area contributed by atoms with Crippen LogP contribution in [-0.2, 0) is 13.0 Å². The van der Waals surface area contributed by atoms with Gasteiger partial charge in [-0.15, -0.1) is 0 Å². The number of aromatic amines is 1. The van der Waals surface area contributed by atoms with E-state index in [1.807, 2.05) is 13.0 Å². The fourth-order valence-electron chi connectivity index (χ4n) is 1.06. The van der Waals surface area contributed by atoms with Gasteiger partial charge in [0.15, 0.2) is 0 Å². The van der Waals surface area contributed by atoms with Gasteiger partial charge in [0, 0.05) is 0 Å². The molecule has 0 amide bonds. The van der Waals surface area contributed by atoms with E-state index in [1.165, 1.54) is 4.68 Å². The minimum atomic E-state index is -0.0906. The Kier molecular flexibility index (Phi) is 3.32. The molecule has 0 aliphatic carbocycles. The van der Waals surface area contributed by atoms with Crippen molar-refractivity contribution in [1.82, 2.24) is 9.78 Å². The van der Waals surface area contributed by atoms with Crippen molar-refractivity contribution in [1.29, 1.82) is 5.26 Å². The molecule has 70 valence electrons. The Morgan fingerprint density at radius 3 is 2.85 bits per heavy atom. The number of hydrogen-bond acceptors (Lipinski definition) is 2. The Bertz CT molecular complexity index is 385. The molecule has 0 aromatic carbocycles. The molecule has 13 heavy (non-hydrogen) atoms. The fraction of sp³-hybridized carbons (Fsp3) is 0.500. The minimum absolute atomic E-state index is 0.0906. The van der Waals surface area contributed by atoms with Gasteiger partial charge in [-0.1, -0.05) is 6.92 Å². The first-order valence-electron chi connectivity index (χ1n) is 4.04. The molecule has 0 saturated heterocycles. The van der Waals surface area contributed by atoms with Crippen molar-refractivity contribution in [3.63, 3.8) is 0 Å². The lowest BCUT2D eigenvalue weighted by Gasteiger charge is -1.95. The van der Waals surface area contributed by atoms with Crippen LogP contribution in [0.4, 0.5) is 0 Å². The van der Waals surface area contributed by atoms with Crippen LogP contribution in [0.15, 0.2) is 9.27 Å². The summed E-state index contributed by atoms with van der Waals surface area (Å²) in [6, 6.07) is 2.00. The number of halogens is 1. The van der Waals surface area contributed by atoms with Crippen molar-refractivity contribution in [2.24, 2.45) is 0 Å². The van der Waals surface area contributed by atoms with E-state index in [2.05, 4.69) is 21.0 Å². The summed E-state index contributed by atoms with van der Waals surface area (Å²) >= 11 is 3.21. The summed E-state index contributed by atoms with van der Waals surface area (Å²) < 4.78 is 2.03. The second-order valence-corrected chi connectivity index (χ2v) is 3.42. The number of rotatable bonds is 3. The first kappa shape index (κ1) is 10.1. The van der Waals surface area contributed by atoms with Crippen LogP contribution in [0.2, 0.25) is 0 Å². The van der Waals surface area contributed by atoms with Gasteiger partial charge >= 0.3 is 0 Å². The Morgan fingerprint density at radius 1 is 1.69 bits per heavy atom. The molecule has 0 bridgehead atoms. The molecule has 0 fully saturated rings. The van der Waals surface area contributed by atoms with Crippen molar-refractivity contribution in [2.45, 2.75) is 26.3 Å². The van der Waals surface area contributed by atoms with Gasteiger partial charge in [0.1, 0.15) is 4.47 Å². The van der Waals surface area contributed by atoms with Crippen LogP contribution in [0.5, 0.6) is 0 Å². The first-order chi connectivity index (χ1) is 6.20. The van der Waals surface area contributed by atoms with Gasteiger partial charge in [0.2, 0.25) is 0 Å². The van der Waals surface area contributed by atoms with Gasteiger partial charge in [-0.3, -0.25) is 14.6 Å². The molecule has 1 aromatic rings. The molecular weight excluding hydrogens is 234 g/mol. The molecule has 1 heterocycles. The molecule has 4 nitrogen and oxygen atoms in total. The zero-order valence-electron chi connectivity index (χ0n) is 7.30. The second-order valence-electron chi connectivity index (χ2n) is 2.62. The third-order valence-electron chi connectivity index (χ3n) is 1.77. The normalized spacial score (nSPS) is 9.92. The lowest BCUT2D eigenvalue weighted by Crippen LogP contribution is -2.16. The Balaban J connectivity index is 2.98. The number of aryl methyl sites for hydroxylation is 2. The van der Waals surface area contributed by atoms with Crippen LogP contribution in [0.25, 0.3) is 0 Å². The molecular formula is C8H10BrN3O. The molecule has 1 rings (SSSR count). The van der Waals surface area contributed by atoms with E-state index < -0.39 is 0 Å². The van der Waals surface area contributed by atoms with E-state index in [1.54, 1.807) is 0 Å². The summed E-state index contributed by atoms with van der Waals surface area (Å²) in [5.41, 5.74) is 0.787. The lowest BCUT2D eigenvalue weighted by atomic mass is 10.3.